The Hall–Kier alpha value is -0.410. The summed E-state index contributed by atoms with van der Waals surface area (Å²) >= 11 is 0. The van der Waals surface area contributed by atoms with Crippen molar-refractivity contribution in [3.05, 3.63) is 0 Å². The van der Waals surface area contributed by atoms with Gasteiger partial charge in [-0.2, -0.15) is 0 Å². The fraction of sp³-hybridized carbons (Fsp3) is 0.857. The van der Waals surface area contributed by atoms with E-state index in [1.54, 1.807) is 6.92 Å². The van der Waals surface area contributed by atoms with E-state index in [0.717, 1.165) is 13.0 Å². The van der Waals surface area contributed by atoms with Crippen molar-refractivity contribution >= 4 is 5.78 Å². The minimum absolute atomic E-state index is 0.0208. The van der Waals surface area contributed by atoms with Crippen molar-refractivity contribution in [3.63, 3.8) is 0 Å². The molecule has 0 fully saturated rings. The molecule has 1 atom stereocenters. The zero-order chi connectivity index (χ0) is 7.98. The van der Waals surface area contributed by atoms with E-state index in [9.17, 15) is 4.79 Å². The third-order valence-corrected chi connectivity index (χ3v) is 1.52. The van der Waals surface area contributed by atoms with Gasteiger partial charge in [-0.05, 0) is 34.0 Å². The van der Waals surface area contributed by atoms with Crippen LogP contribution in [0.4, 0.5) is 0 Å². The number of likely N-dealkylation sites (N-methyl/N-ethyl adjacent to an activating group) is 1. The van der Waals surface area contributed by atoms with Crippen LogP contribution in [0.2, 0.25) is 0 Å². The molecule has 0 bridgehead atoms. The molecule has 0 rings (SSSR count). The van der Waals surface area contributed by atoms with Crippen LogP contribution >= 0.6 is 0 Å². The van der Waals surface area contributed by atoms with Crippen LogP contribution in [0.3, 0.4) is 0 Å². The molecule has 60 valence electrons. The minimum Gasteiger partial charge on any atom is -0.320 e. The molecule has 0 aromatic rings. The Morgan fingerprint density at radius 1 is 1.50 bits per heavy atom. The van der Waals surface area contributed by atoms with Crippen molar-refractivity contribution in [2.75, 3.05) is 20.6 Å². The molecule has 3 heteroatoms. The van der Waals surface area contributed by atoms with Gasteiger partial charge in [-0.3, -0.25) is 4.79 Å². The van der Waals surface area contributed by atoms with E-state index < -0.39 is 0 Å². The first-order chi connectivity index (χ1) is 4.72. The molecular formula is C7H16N2O. The number of hydrogen-bond donors (Lipinski definition) is 2. The molecule has 0 amide bonds. The fourth-order valence-corrected chi connectivity index (χ4v) is 0.840. The highest BCUT2D eigenvalue weighted by Crippen LogP contribution is 1.90. The van der Waals surface area contributed by atoms with Crippen molar-refractivity contribution in [1.82, 2.24) is 10.6 Å². The molecule has 0 aliphatic carbocycles. The Balaban J connectivity index is 3.50. The van der Waals surface area contributed by atoms with E-state index in [0.29, 0.717) is 0 Å². The fourth-order valence-electron chi connectivity index (χ4n) is 0.840. The summed E-state index contributed by atoms with van der Waals surface area (Å²) in [5, 5.41) is 5.94. The average Bonchev–Trinajstić information content (AvgIpc) is 1.89. The van der Waals surface area contributed by atoms with Gasteiger partial charge < -0.3 is 10.6 Å². The number of Topliss-reactive ketones (excluding diaryl/α,β-unsaturated/α-hetero) is 1. The predicted octanol–water partition coefficient (Wildman–Crippen LogP) is -0.227. The van der Waals surface area contributed by atoms with Gasteiger partial charge in [0.25, 0.3) is 0 Å². The summed E-state index contributed by atoms with van der Waals surface area (Å²) in [4.78, 5) is 10.8. The zero-order valence-corrected chi connectivity index (χ0v) is 6.90. The Morgan fingerprint density at radius 2 is 2.10 bits per heavy atom. The van der Waals surface area contributed by atoms with E-state index in [2.05, 4.69) is 10.6 Å². The van der Waals surface area contributed by atoms with Gasteiger partial charge in [0.1, 0.15) is 5.78 Å². The number of carbonyl (C=O) groups is 1. The first-order valence-corrected chi connectivity index (χ1v) is 3.54. The van der Waals surface area contributed by atoms with Gasteiger partial charge in [-0.1, -0.05) is 0 Å². The summed E-state index contributed by atoms with van der Waals surface area (Å²) in [5.74, 6) is 0.206. The second-order valence-electron chi connectivity index (χ2n) is 2.34. The van der Waals surface area contributed by atoms with Gasteiger partial charge in [-0.15, -0.1) is 0 Å². The highest BCUT2D eigenvalue weighted by molar-refractivity contribution is 5.81. The molecule has 0 aliphatic heterocycles. The molecule has 0 aliphatic rings. The molecule has 0 saturated heterocycles. The maximum atomic E-state index is 10.8. The molecule has 10 heavy (non-hydrogen) atoms. The number of carbonyl (C=O) groups excluding carboxylic acids is 1. The minimum atomic E-state index is 0.0208. The van der Waals surface area contributed by atoms with Crippen molar-refractivity contribution < 1.29 is 4.79 Å². The summed E-state index contributed by atoms with van der Waals surface area (Å²) < 4.78 is 0. The lowest BCUT2D eigenvalue weighted by Gasteiger charge is -2.10. The summed E-state index contributed by atoms with van der Waals surface area (Å²) in [6.45, 7) is 2.49. The molecule has 0 unspecified atom stereocenters. The molecule has 0 aromatic heterocycles. The maximum absolute atomic E-state index is 10.8. The summed E-state index contributed by atoms with van der Waals surface area (Å²) in [7, 11) is 3.69. The van der Waals surface area contributed by atoms with Gasteiger partial charge in [0.05, 0.1) is 6.04 Å². The Labute approximate surface area is 62.2 Å². The normalized spacial score (nSPS) is 13.1. The molecule has 3 nitrogen and oxygen atoms in total. The molecule has 0 saturated carbocycles. The molecular weight excluding hydrogens is 128 g/mol. The standard InChI is InChI=1S/C7H16N2O/c1-6(10)7(9-3)4-5-8-2/h7-9H,4-5H2,1-3H3/t7-/m1/s1. The number of rotatable bonds is 5. The van der Waals surface area contributed by atoms with Crippen LogP contribution < -0.4 is 10.6 Å². The van der Waals surface area contributed by atoms with Crippen LogP contribution in [0, 0.1) is 0 Å². The summed E-state index contributed by atoms with van der Waals surface area (Å²) in [5.41, 5.74) is 0. The van der Waals surface area contributed by atoms with E-state index in [1.165, 1.54) is 0 Å². The van der Waals surface area contributed by atoms with E-state index in [1.807, 2.05) is 14.1 Å². The maximum Gasteiger partial charge on any atom is 0.146 e. The molecule has 0 aromatic carbocycles. The topological polar surface area (TPSA) is 41.1 Å². The lowest BCUT2D eigenvalue weighted by Crippen LogP contribution is -2.34. The quantitative estimate of drug-likeness (QED) is 0.560. The van der Waals surface area contributed by atoms with Crippen molar-refractivity contribution in [2.24, 2.45) is 0 Å². The molecule has 0 radical (unpaired) electrons. The van der Waals surface area contributed by atoms with Crippen LogP contribution in [0.15, 0.2) is 0 Å². The summed E-state index contributed by atoms with van der Waals surface area (Å²) in [6, 6.07) is 0.0208. The first kappa shape index (κ1) is 9.59. The molecule has 0 spiro atoms. The Morgan fingerprint density at radius 3 is 2.40 bits per heavy atom. The van der Waals surface area contributed by atoms with Crippen molar-refractivity contribution in [1.29, 1.82) is 0 Å². The third kappa shape index (κ3) is 3.58. The van der Waals surface area contributed by atoms with Gasteiger partial charge in [-0.25, -0.2) is 0 Å². The predicted molar refractivity (Wildman–Crippen MR) is 42.1 cm³/mol. The van der Waals surface area contributed by atoms with Crippen LogP contribution in [-0.4, -0.2) is 32.5 Å². The first-order valence-electron chi connectivity index (χ1n) is 3.54. The van der Waals surface area contributed by atoms with Crippen LogP contribution in [0.25, 0.3) is 0 Å². The lowest BCUT2D eigenvalue weighted by molar-refractivity contribution is -0.118. The van der Waals surface area contributed by atoms with Gasteiger partial charge >= 0.3 is 0 Å². The SMILES string of the molecule is CNCC[C@@H](NC)C(C)=O. The third-order valence-electron chi connectivity index (χ3n) is 1.52. The van der Waals surface area contributed by atoms with Gasteiger partial charge in [0.15, 0.2) is 0 Å². The van der Waals surface area contributed by atoms with E-state index in [-0.39, 0.29) is 11.8 Å². The molecule has 2 N–H and O–H groups in total. The monoisotopic (exact) mass is 144 g/mol. The number of nitrogens with one attached hydrogen (secondary N) is 2. The number of hydrogen-bond acceptors (Lipinski definition) is 3. The highest BCUT2D eigenvalue weighted by atomic mass is 16.1. The highest BCUT2D eigenvalue weighted by Gasteiger charge is 2.08. The van der Waals surface area contributed by atoms with Crippen LogP contribution in [-0.2, 0) is 4.79 Å². The van der Waals surface area contributed by atoms with Crippen molar-refractivity contribution in [2.45, 2.75) is 19.4 Å². The Kier molecular flexibility index (Phi) is 5.16. The van der Waals surface area contributed by atoms with E-state index in [4.69, 9.17) is 0 Å². The summed E-state index contributed by atoms with van der Waals surface area (Å²) in [6.07, 6.45) is 0.863. The second kappa shape index (κ2) is 5.38. The number of ketones is 1. The van der Waals surface area contributed by atoms with Crippen LogP contribution in [0.1, 0.15) is 13.3 Å². The lowest BCUT2D eigenvalue weighted by atomic mass is 10.1. The second-order valence-corrected chi connectivity index (χ2v) is 2.34. The average molecular weight is 144 g/mol. The molecule has 0 heterocycles. The largest absolute Gasteiger partial charge is 0.320 e. The Bertz CT molecular complexity index is 104. The van der Waals surface area contributed by atoms with Crippen molar-refractivity contribution in [3.8, 4) is 0 Å². The van der Waals surface area contributed by atoms with Gasteiger partial charge in [0.2, 0.25) is 0 Å². The zero-order valence-electron chi connectivity index (χ0n) is 6.90. The van der Waals surface area contributed by atoms with Crippen LogP contribution in [0.5, 0.6) is 0 Å². The van der Waals surface area contributed by atoms with Gasteiger partial charge in [0, 0.05) is 0 Å². The van der Waals surface area contributed by atoms with E-state index >= 15 is 0 Å². The smallest absolute Gasteiger partial charge is 0.146 e.